The lowest BCUT2D eigenvalue weighted by Crippen LogP contribution is -2.14. The highest BCUT2D eigenvalue weighted by Crippen LogP contribution is 2.34. The summed E-state index contributed by atoms with van der Waals surface area (Å²) in [5, 5.41) is 0. The van der Waals surface area contributed by atoms with Gasteiger partial charge in [0.1, 0.15) is 0 Å². The Kier molecular flexibility index (Phi) is 5.54. The molecule has 96 valence electrons. The van der Waals surface area contributed by atoms with Gasteiger partial charge in [-0.2, -0.15) is 0 Å². The maximum Gasteiger partial charge on any atom is 0.0122 e. The zero-order valence-electron chi connectivity index (χ0n) is 11.8. The Hall–Kier alpha value is -0.470. The van der Waals surface area contributed by atoms with Gasteiger partial charge in [-0.05, 0) is 45.1 Å². The fraction of sp³-hybridized carbons (Fsp3) is 0.600. The van der Waals surface area contributed by atoms with Crippen LogP contribution in [0.15, 0.2) is 29.2 Å². The Morgan fingerprint density at radius 3 is 2.35 bits per heavy atom. The Labute approximate surface area is 111 Å². The molecule has 0 bridgehead atoms. The van der Waals surface area contributed by atoms with Crippen LogP contribution in [0.2, 0.25) is 0 Å². The molecule has 0 N–H and O–H groups in total. The molecule has 0 heterocycles. The van der Waals surface area contributed by atoms with Crippen molar-refractivity contribution in [3.63, 3.8) is 0 Å². The Bertz CT molecular complexity index is 339. The van der Waals surface area contributed by atoms with E-state index in [9.17, 15) is 0 Å². The van der Waals surface area contributed by atoms with Crippen LogP contribution in [0.1, 0.15) is 32.8 Å². The molecule has 0 fully saturated rings. The average Bonchev–Trinajstić information content (AvgIpc) is 2.17. The van der Waals surface area contributed by atoms with Gasteiger partial charge in [-0.25, -0.2) is 0 Å². The highest BCUT2D eigenvalue weighted by Gasteiger charge is 2.14. The molecule has 0 aliphatic rings. The molecule has 0 atom stereocenters. The number of hydrogen-bond donors (Lipinski definition) is 0. The monoisotopic (exact) mass is 251 g/mol. The second-order valence-electron chi connectivity index (χ2n) is 5.73. The number of rotatable bonds is 5. The number of benzene rings is 1. The molecule has 1 rings (SSSR count). The molecule has 0 saturated heterocycles. The summed E-state index contributed by atoms with van der Waals surface area (Å²) in [6.45, 7) is 7.98. The third kappa shape index (κ3) is 6.13. The molecule has 0 spiro atoms. The van der Waals surface area contributed by atoms with Crippen molar-refractivity contribution in [3.05, 3.63) is 29.8 Å². The summed E-state index contributed by atoms with van der Waals surface area (Å²) in [6.07, 6.45) is 2.41. The largest absolute Gasteiger partial charge is 0.309 e. The molecular formula is C15H25NS. The van der Waals surface area contributed by atoms with Crippen LogP contribution in [0.3, 0.4) is 0 Å². The van der Waals surface area contributed by atoms with E-state index in [1.807, 2.05) is 11.8 Å². The van der Waals surface area contributed by atoms with Crippen molar-refractivity contribution in [3.8, 4) is 0 Å². The topological polar surface area (TPSA) is 3.24 Å². The maximum atomic E-state index is 2.27. The van der Waals surface area contributed by atoms with Crippen molar-refractivity contribution in [2.24, 2.45) is 0 Å². The Morgan fingerprint density at radius 1 is 1.12 bits per heavy atom. The van der Waals surface area contributed by atoms with Gasteiger partial charge in [0.2, 0.25) is 0 Å². The standard InChI is InChI=1S/C15H25NS/c1-15(2,3)17-14-11-7-6-9-13(14)10-8-12-16(4)5/h6-7,9,11H,8,10,12H2,1-5H3. The first-order chi connectivity index (χ1) is 7.88. The van der Waals surface area contributed by atoms with E-state index in [4.69, 9.17) is 0 Å². The van der Waals surface area contributed by atoms with Gasteiger partial charge in [0.15, 0.2) is 0 Å². The lowest BCUT2D eigenvalue weighted by molar-refractivity contribution is 0.400. The minimum absolute atomic E-state index is 0.289. The van der Waals surface area contributed by atoms with Gasteiger partial charge in [0.05, 0.1) is 0 Å². The van der Waals surface area contributed by atoms with E-state index in [2.05, 4.69) is 64.0 Å². The van der Waals surface area contributed by atoms with Gasteiger partial charge in [-0.3, -0.25) is 0 Å². The van der Waals surface area contributed by atoms with E-state index in [1.165, 1.54) is 23.3 Å². The molecule has 0 aliphatic carbocycles. The number of aryl methyl sites for hydroxylation is 1. The number of hydrogen-bond acceptors (Lipinski definition) is 2. The van der Waals surface area contributed by atoms with Gasteiger partial charge in [-0.1, -0.05) is 39.0 Å². The predicted octanol–water partition coefficient (Wildman–Crippen LogP) is 4.07. The second-order valence-corrected chi connectivity index (χ2v) is 7.60. The van der Waals surface area contributed by atoms with E-state index < -0.39 is 0 Å². The van der Waals surface area contributed by atoms with Crippen LogP contribution >= 0.6 is 11.8 Å². The zero-order chi connectivity index (χ0) is 12.9. The number of nitrogens with zero attached hydrogens (tertiary/aromatic N) is 1. The summed E-state index contributed by atoms with van der Waals surface area (Å²) in [4.78, 5) is 3.69. The Morgan fingerprint density at radius 2 is 1.76 bits per heavy atom. The summed E-state index contributed by atoms with van der Waals surface area (Å²) in [5.41, 5.74) is 1.49. The van der Waals surface area contributed by atoms with Crippen molar-refractivity contribution >= 4 is 11.8 Å². The fourth-order valence-electron chi connectivity index (χ4n) is 1.73. The molecule has 1 aromatic rings. The van der Waals surface area contributed by atoms with Crippen LogP contribution in [0.5, 0.6) is 0 Å². The van der Waals surface area contributed by atoms with Gasteiger partial charge >= 0.3 is 0 Å². The predicted molar refractivity (Wildman–Crippen MR) is 78.9 cm³/mol. The first kappa shape index (κ1) is 14.6. The SMILES string of the molecule is CN(C)CCCc1ccccc1SC(C)(C)C. The van der Waals surface area contributed by atoms with E-state index >= 15 is 0 Å². The van der Waals surface area contributed by atoms with Crippen molar-refractivity contribution in [2.45, 2.75) is 43.3 Å². The first-order valence-corrected chi connectivity index (χ1v) is 7.12. The minimum Gasteiger partial charge on any atom is -0.309 e. The van der Waals surface area contributed by atoms with E-state index in [1.54, 1.807) is 0 Å². The van der Waals surface area contributed by atoms with Gasteiger partial charge in [0.25, 0.3) is 0 Å². The van der Waals surface area contributed by atoms with Gasteiger partial charge < -0.3 is 4.90 Å². The molecule has 1 aromatic carbocycles. The number of thioether (sulfide) groups is 1. The molecule has 0 saturated carbocycles. The molecule has 0 radical (unpaired) electrons. The smallest absolute Gasteiger partial charge is 0.0122 e. The van der Waals surface area contributed by atoms with Crippen LogP contribution in [0.4, 0.5) is 0 Å². The highest BCUT2D eigenvalue weighted by atomic mass is 32.2. The van der Waals surface area contributed by atoms with Crippen molar-refractivity contribution < 1.29 is 0 Å². The highest BCUT2D eigenvalue weighted by molar-refractivity contribution is 8.00. The lowest BCUT2D eigenvalue weighted by atomic mass is 10.1. The fourth-order valence-corrected chi connectivity index (χ4v) is 2.83. The normalized spacial score (nSPS) is 12.1. The second kappa shape index (κ2) is 6.46. The molecular weight excluding hydrogens is 226 g/mol. The summed E-state index contributed by atoms with van der Waals surface area (Å²) < 4.78 is 0.289. The maximum absolute atomic E-state index is 2.27. The molecule has 1 nitrogen and oxygen atoms in total. The molecule has 0 aliphatic heterocycles. The van der Waals surface area contributed by atoms with E-state index in [0.717, 1.165) is 6.54 Å². The third-order valence-electron chi connectivity index (χ3n) is 2.44. The van der Waals surface area contributed by atoms with E-state index in [0.29, 0.717) is 0 Å². The van der Waals surface area contributed by atoms with Crippen LogP contribution in [-0.2, 0) is 6.42 Å². The third-order valence-corrected chi connectivity index (χ3v) is 3.67. The van der Waals surface area contributed by atoms with Crippen LogP contribution in [0, 0.1) is 0 Å². The lowest BCUT2D eigenvalue weighted by Gasteiger charge is -2.20. The molecule has 0 unspecified atom stereocenters. The Balaban J connectivity index is 2.64. The summed E-state index contributed by atoms with van der Waals surface area (Å²) in [7, 11) is 4.27. The summed E-state index contributed by atoms with van der Waals surface area (Å²) in [5.74, 6) is 0. The van der Waals surface area contributed by atoms with Crippen molar-refractivity contribution in [1.82, 2.24) is 4.90 Å². The van der Waals surface area contributed by atoms with Crippen molar-refractivity contribution in [2.75, 3.05) is 20.6 Å². The summed E-state index contributed by atoms with van der Waals surface area (Å²) in [6, 6.07) is 8.81. The molecule has 0 aromatic heterocycles. The van der Waals surface area contributed by atoms with Crippen LogP contribution < -0.4 is 0 Å². The van der Waals surface area contributed by atoms with Crippen LogP contribution in [-0.4, -0.2) is 30.3 Å². The van der Waals surface area contributed by atoms with Crippen molar-refractivity contribution in [1.29, 1.82) is 0 Å². The molecule has 17 heavy (non-hydrogen) atoms. The van der Waals surface area contributed by atoms with Gasteiger partial charge in [-0.15, -0.1) is 11.8 Å². The average molecular weight is 251 g/mol. The molecule has 2 heteroatoms. The molecule has 0 amide bonds. The first-order valence-electron chi connectivity index (χ1n) is 6.30. The quantitative estimate of drug-likeness (QED) is 0.726. The zero-order valence-corrected chi connectivity index (χ0v) is 12.6. The summed E-state index contributed by atoms with van der Waals surface area (Å²) >= 11 is 1.97. The minimum atomic E-state index is 0.289. The van der Waals surface area contributed by atoms with Gasteiger partial charge in [0, 0.05) is 9.64 Å². The van der Waals surface area contributed by atoms with Crippen LogP contribution in [0.25, 0.3) is 0 Å². The van der Waals surface area contributed by atoms with E-state index in [-0.39, 0.29) is 4.75 Å².